The molecule has 1 aliphatic heterocycles. The molecule has 0 atom stereocenters. The number of carbonyl (C=O) groups excluding carboxylic acids is 1. The number of aliphatic hydroxyl groups excluding tert-OH is 1. The molecular weight excluding hydrogens is 308 g/mol. The molecule has 24 heavy (non-hydrogen) atoms. The SMILES string of the molecule is COC(=O)c1c(C)nc(N)c(CO)c1-c1ccc2c(c1)CCCO2. The number of fused-ring (bicyclic) bond motifs is 1. The predicted octanol–water partition coefficient (Wildman–Crippen LogP) is 2.24. The van der Waals surface area contributed by atoms with Crippen molar-refractivity contribution in [1.82, 2.24) is 4.98 Å². The van der Waals surface area contributed by atoms with Crippen LogP contribution in [-0.4, -0.2) is 29.8 Å². The maximum atomic E-state index is 12.3. The minimum atomic E-state index is -0.501. The topological polar surface area (TPSA) is 94.7 Å². The molecule has 1 aliphatic rings. The van der Waals surface area contributed by atoms with E-state index in [1.807, 2.05) is 18.2 Å². The van der Waals surface area contributed by atoms with Gasteiger partial charge in [0.05, 0.1) is 31.6 Å². The van der Waals surface area contributed by atoms with E-state index in [0.29, 0.717) is 29.0 Å². The van der Waals surface area contributed by atoms with Crippen LogP contribution in [0.1, 0.15) is 33.6 Å². The van der Waals surface area contributed by atoms with E-state index >= 15 is 0 Å². The quantitative estimate of drug-likeness (QED) is 0.839. The number of benzene rings is 1. The number of methoxy groups -OCH3 is 1. The average Bonchev–Trinajstić information content (AvgIpc) is 2.60. The Morgan fingerprint density at radius 2 is 2.25 bits per heavy atom. The second-order valence-electron chi connectivity index (χ2n) is 5.74. The van der Waals surface area contributed by atoms with Crippen LogP contribution >= 0.6 is 0 Å². The van der Waals surface area contributed by atoms with E-state index < -0.39 is 5.97 Å². The van der Waals surface area contributed by atoms with E-state index in [1.165, 1.54) is 7.11 Å². The monoisotopic (exact) mass is 328 g/mol. The fourth-order valence-corrected chi connectivity index (χ4v) is 3.11. The highest BCUT2D eigenvalue weighted by atomic mass is 16.5. The molecule has 0 bridgehead atoms. The minimum Gasteiger partial charge on any atom is -0.493 e. The average molecular weight is 328 g/mol. The van der Waals surface area contributed by atoms with E-state index in [1.54, 1.807) is 6.92 Å². The van der Waals surface area contributed by atoms with Crippen molar-refractivity contribution in [2.75, 3.05) is 19.5 Å². The lowest BCUT2D eigenvalue weighted by Crippen LogP contribution is -2.13. The zero-order valence-electron chi connectivity index (χ0n) is 13.8. The second kappa shape index (κ2) is 6.49. The van der Waals surface area contributed by atoms with E-state index in [0.717, 1.165) is 29.7 Å². The van der Waals surface area contributed by atoms with E-state index in [9.17, 15) is 9.90 Å². The molecule has 0 amide bonds. The molecule has 3 rings (SSSR count). The van der Waals surface area contributed by atoms with Crippen molar-refractivity contribution >= 4 is 11.8 Å². The van der Waals surface area contributed by atoms with Crippen LogP contribution in [0.3, 0.4) is 0 Å². The Kier molecular flexibility index (Phi) is 4.40. The van der Waals surface area contributed by atoms with Crippen molar-refractivity contribution in [1.29, 1.82) is 0 Å². The number of ether oxygens (including phenoxy) is 2. The fraction of sp³-hybridized carbons (Fsp3) is 0.333. The maximum absolute atomic E-state index is 12.3. The van der Waals surface area contributed by atoms with Crippen LogP contribution in [0.15, 0.2) is 18.2 Å². The summed E-state index contributed by atoms with van der Waals surface area (Å²) in [5.41, 5.74) is 9.64. The molecule has 2 aromatic rings. The number of carbonyl (C=O) groups is 1. The Balaban J connectivity index is 2.27. The molecule has 0 unspecified atom stereocenters. The highest BCUT2D eigenvalue weighted by Gasteiger charge is 2.24. The van der Waals surface area contributed by atoms with Gasteiger partial charge in [0.25, 0.3) is 0 Å². The van der Waals surface area contributed by atoms with E-state index in [4.69, 9.17) is 15.2 Å². The number of nitrogens with zero attached hydrogens (tertiary/aromatic N) is 1. The third-order valence-corrected chi connectivity index (χ3v) is 4.26. The summed E-state index contributed by atoms with van der Waals surface area (Å²) in [4.78, 5) is 16.5. The first-order chi connectivity index (χ1) is 11.6. The van der Waals surface area contributed by atoms with Crippen molar-refractivity contribution in [2.45, 2.75) is 26.4 Å². The van der Waals surface area contributed by atoms with Crippen molar-refractivity contribution < 1.29 is 19.4 Å². The van der Waals surface area contributed by atoms with Crippen molar-refractivity contribution in [2.24, 2.45) is 0 Å². The van der Waals surface area contributed by atoms with Gasteiger partial charge in [-0.25, -0.2) is 9.78 Å². The zero-order valence-corrected chi connectivity index (χ0v) is 13.8. The molecule has 6 heteroatoms. The van der Waals surface area contributed by atoms with E-state index in [-0.39, 0.29) is 12.4 Å². The Morgan fingerprint density at radius 1 is 1.46 bits per heavy atom. The number of hydrogen-bond acceptors (Lipinski definition) is 6. The fourth-order valence-electron chi connectivity index (χ4n) is 3.11. The molecule has 0 radical (unpaired) electrons. The summed E-state index contributed by atoms with van der Waals surface area (Å²) in [5, 5.41) is 9.77. The molecule has 0 aliphatic carbocycles. The van der Waals surface area contributed by atoms with Gasteiger partial charge in [-0.05, 0) is 43.0 Å². The van der Waals surface area contributed by atoms with Crippen LogP contribution < -0.4 is 10.5 Å². The number of esters is 1. The van der Waals surface area contributed by atoms with Crippen LogP contribution in [0, 0.1) is 6.92 Å². The highest BCUT2D eigenvalue weighted by molar-refractivity contribution is 6.00. The van der Waals surface area contributed by atoms with Gasteiger partial charge in [-0.15, -0.1) is 0 Å². The molecule has 1 aromatic carbocycles. The summed E-state index contributed by atoms with van der Waals surface area (Å²) in [6, 6.07) is 5.73. The number of aromatic nitrogens is 1. The Labute approximate surface area is 140 Å². The van der Waals surface area contributed by atoms with Crippen LogP contribution in [0.4, 0.5) is 5.82 Å². The first-order valence-corrected chi connectivity index (χ1v) is 7.81. The summed E-state index contributed by atoms with van der Waals surface area (Å²) >= 11 is 0. The number of hydrogen-bond donors (Lipinski definition) is 2. The summed E-state index contributed by atoms with van der Waals surface area (Å²) < 4.78 is 10.5. The molecular formula is C18H20N2O4. The minimum absolute atomic E-state index is 0.214. The van der Waals surface area contributed by atoms with Crippen molar-refractivity contribution in [3.8, 4) is 16.9 Å². The number of aliphatic hydroxyl groups is 1. The van der Waals surface area contributed by atoms with Crippen LogP contribution in [-0.2, 0) is 17.8 Å². The van der Waals surface area contributed by atoms with Gasteiger partial charge in [-0.1, -0.05) is 6.07 Å². The second-order valence-corrected chi connectivity index (χ2v) is 5.74. The molecule has 6 nitrogen and oxygen atoms in total. The lowest BCUT2D eigenvalue weighted by Gasteiger charge is -2.20. The third-order valence-electron chi connectivity index (χ3n) is 4.26. The van der Waals surface area contributed by atoms with Crippen molar-refractivity contribution in [3.05, 3.63) is 40.6 Å². The molecule has 0 saturated carbocycles. The number of rotatable bonds is 3. The number of nitrogen functional groups attached to an aromatic ring is 1. The predicted molar refractivity (Wildman–Crippen MR) is 89.9 cm³/mol. The van der Waals surface area contributed by atoms with Crippen LogP contribution in [0.25, 0.3) is 11.1 Å². The maximum Gasteiger partial charge on any atom is 0.340 e. The van der Waals surface area contributed by atoms with Gasteiger partial charge in [0, 0.05) is 11.1 Å². The smallest absolute Gasteiger partial charge is 0.340 e. The summed E-state index contributed by atoms with van der Waals surface area (Å²) in [5.74, 6) is 0.569. The lowest BCUT2D eigenvalue weighted by molar-refractivity contribution is 0.0600. The highest BCUT2D eigenvalue weighted by Crippen LogP contribution is 2.36. The standard InChI is InChI=1S/C18H20N2O4/c1-10-15(18(22)23-2)16(13(9-21)17(19)20-10)12-5-6-14-11(8-12)4-3-7-24-14/h5-6,8,21H,3-4,7,9H2,1-2H3,(H2,19,20). The van der Waals surface area contributed by atoms with Gasteiger partial charge < -0.3 is 20.3 Å². The molecule has 0 spiro atoms. The van der Waals surface area contributed by atoms with Crippen LogP contribution in [0.2, 0.25) is 0 Å². The Hall–Kier alpha value is -2.60. The van der Waals surface area contributed by atoms with Gasteiger partial charge in [-0.2, -0.15) is 0 Å². The van der Waals surface area contributed by atoms with Gasteiger partial charge in [0.15, 0.2) is 0 Å². The lowest BCUT2D eigenvalue weighted by atomic mass is 9.91. The first kappa shape index (κ1) is 16.3. The van der Waals surface area contributed by atoms with Crippen LogP contribution in [0.5, 0.6) is 5.75 Å². The zero-order chi connectivity index (χ0) is 17.3. The summed E-state index contributed by atoms with van der Waals surface area (Å²) in [6.07, 6.45) is 1.86. The third kappa shape index (κ3) is 2.69. The molecule has 126 valence electrons. The number of anilines is 1. The molecule has 0 fully saturated rings. The van der Waals surface area contributed by atoms with Gasteiger partial charge >= 0.3 is 5.97 Å². The molecule has 2 heterocycles. The molecule has 1 aromatic heterocycles. The van der Waals surface area contributed by atoms with Crippen molar-refractivity contribution in [3.63, 3.8) is 0 Å². The van der Waals surface area contributed by atoms with Gasteiger partial charge in [0.2, 0.25) is 0 Å². The van der Waals surface area contributed by atoms with E-state index in [2.05, 4.69) is 4.98 Å². The molecule has 3 N–H and O–H groups in total. The largest absolute Gasteiger partial charge is 0.493 e. The van der Waals surface area contributed by atoms with Gasteiger partial charge in [0.1, 0.15) is 11.6 Å². The number of pyridine rings is 1. The number of nitrogens with two attached hydrogens (primary N) is 1. The summed E-state index contributed by atoms with van der Waals surface area (Å²) in [6.45, 7) is 2.10. The molecule has 0 saturated heterocycles. The normalized spacial score (nSPS) is 13.1. The van der Waals surface area contributed by atoms with Gasteiger partial charge in [-0.3, -0.25) is 0 Å². The Bertz CT molecular complexity index is 802. The number of aryl methyl sites for hydroxylation is 2. The summed E-state index contributed by atoms with van der Waals surface area (Å²) in [7, 11) is 1.32. The first-order valence-electron chi connectivity index (χ1n) is 7.81. The Morgan fingerprint density at radius 3 is 2.96 bits per heavy atom.